The van der Waals surface area contributed by atoms with Crippen molar-refractivity contribution in [2.75, 3.05) is 18.5 Å². The van der Waals surface area contributed by atoms with Crippen LogP contribution in [0.4, 0.5) is 10.5 Å². The minimum atomic E-state index is -0.245. The summed E-state index contributed by atoms with van der Waals surface area (Å²) in [6, 6.07) is 13.4. The van der Waals surface area contributed by atoms with E-state index < -0.39 is 0 Å². The maximum absolute atomic E-state index is 11.8. The molecule has 2 rings (SSSR count). The molecule has 0 saturated carbocycles. The quantitative estimate of drug-likeness (QED) is 0.728. The number of urea groups is 1. The predicted octanol–water partition coefficient (Wildman–Crippen LogP) is 4.52. The van der Waals surface area contributed by atoms with Crippen LogP contribution in [0.5, 0.6) is 5.75 Å². The molecular weight excluding hydrogens is 356 g/mol. The molecule has 2 N–H and O–H groups in total. The second kappa shape index (κ2) is 8.58. The smallest absolute Gasteiger partial charge is 0.319 e. The van der Waals surface area contributed by atoms with E-state index in [0.717, 1.165) is 27.9 Å². The Balaban J connectivity index is 1.70. The number of benzene rings is 2. The van der Waals surface area contributed by atoms with Crippen LogP contribution in [0.3, 0.4) is 0 Å². The van der Waals surface area contributed by atoms with Gasteiger partial charge in [0, 0.05) is 10.2 Å². The molecule has 0 atom stereocenters. The Bertz CT molecular complexity index is 657. The van der Waals surface area contributed by atoms with Crippen molar-refractivity contribution >= 4 is 27.6 Å². The number of amides is 2. The van der Waals surface area contributed by atoms with Crippen LogP contribution in [-0.4, -0.2) is 19.2 Å². The van der Waals surface area contributed by atoms with Crippen molar-refractivity contribution in [1.82, 2.24) is 5.32 Å². The molecule has 5 heteroatoms. The number of ether oxygens (including phenoxy) is 1. The highest BCUT2D eigenvalue weighted by molar-refractivity contribution is 9.10. The van der Waals surface area contributed by atoms with Gasteiger partial charge in [-0.1, -0.05) is 41.1 Å². The Morgan fingerprint density at radius 3 is 2.57 bits per heavy atom. The number of nitrogens with one attached hydrogen (secondary N) is 2. The molecule has 0 saturated heterocycles. The van der Waals surface area contributed by atoms with Crippen LogP contribution in [-0.2, 0) is 6.42 Å². The van der Waals surface area contributed by atoms with Gasteiger partial charge in [0.2, 0.25) is 0 Å². The average molecular weight is 377 g/mol. The van der Waals surface area contributed by atoms with Crippen molar-refractivity contribution < 1.29 is 9.53 Å². The summed E-state index contributed by atoms with van der Waals surface area (Å²) >= 11 is 3.44. The van der Waals surface area contributed by atoms with Gasteiger partial charge in [0.05, 0.1) is 6.54 Å². The third-order valence-electron chi connectivity index (χ3n) is 3.42. The summed E-state index contributed by atoms with van der Waals surface area (Å²) in [7, 11) is 0. The predicted molar refractivity (Wildman–Crippen MR) is 97.2 cm³/mol. The van der Waals surface area contributed by atoms with E-state index in [2.05, 4.69) is 33.5 Å². The zero-order chi connectivity index (χ0) is 16.7. The lowest BCUT2D eigenvalue weighted by Gasteiger charge is -2.10. The summed E-state index contributed by atoms with van der Waals surface area (Å²) < 4.78 is 6.56. The number of hydrogen-bond acceptors (Lipinski definition) is 2. The van der Waals surface area contributed by atoms with Gasteiger partial charge in [-0.15, -0.1) is 0 Å². The molecule has 0 radical (unpaired) electrons. The Kier molecular flexibility index (Phi) is 6.47. The highest BCUT2D eigenvalue weighted by Gasteiger charge is 2.03. The van der Waals surface area contributed by atoms with Crippen LogP contribution < -0.4 is 15.4 Å². The largest absolute Gasteiger partial charge is 0.492 e. The fraction of sp³-hybridized carbons (Fsp3) is 0.278. The van der Waals surface area contributed by atoms with E-state index in [9.17, 15) is 4.79 Å². The standard InChI is InChI=1S/C18H21BrN2O2/c1-3-14-5-8-16(9-6-14)23-11-10-20-18(22)21-15-7-4-13(2)17(19)12-15/h4-9,12H,3,10-11H2,1-2H3,(H2,20,21,22). The number of anilines is 1. The average Bonchev–Trinajstić information content (AvgIpc) is 2.55. The SMILES string of the molecule is CCc1ccc(OCCNC(=O)Nc2ccc(C)c(Br)c2)cc1. The van der Waals surface area contributed by atoms with E-state index in [4.69, 9.17) is 4.74 Å². The summed E-state index contributed by atoms with van der Waals surface area (Å²) in [4.78, 5) is 11.8. The monoisotopic (exact) mass is 376 g/mol. The van der Waals surface area contributed by atoms with Crippen LogP contribution >= 0.6 is 15.9 Å². The van der Waals surface area contributed by atoms with Gasteiger partial charge in [0.1, 0.15) is 12.4 Å². The number of carbonyl (C=O) groups excluding carboxylic acids is 1. The molecule has 0 aliphatic heterocycles. The summed E-state index contributed by atoms with van der Waals surface area (Å²) in [6.45, 7) is 4.98. The van der Waals surface area contributed by atoms with Gasteiger partial charge in [-0.3, -0.25) is 0 Å². The molecule has 0 fully saturated rings. The first-order chi connectivity index (χ1) is 11.1. The number of aryl methyl sites for hydroxylation is 2. The summed E-state index contributed by atoms with van der Waals surface area (Å²) in [5, 5.41) is 5.56. The highest BCUT2D eigenvalue weighted by atomic mass is 79.9. The molecule has 2 aromatic rings. The van der Waals surface area contributed by atoms with Crippen molar-refractivity contribution in [1.29, 1.82) is 0 Å². The summed E-state index contributed by atoms with van der Waals surface area (Å²) in [5.74, 6) is 0.812. The topological polar surface area (TPSA) is 50.4 Å². The fourth-order valence-corrected chi connectivity index (χ4v) is 2.38. The molecule has 2 aromatic carbocycles. The summed E-state index contributed by atoms with van der Waals surface area (Å²) in [6.07, 6.45) is 1.01. The van der Waals surface area contributed by atoms with Gasteiger partial charge in [-0.25, -0.2) is 4.79 Å². The van der Waals surface area contributed by atoms with Crippen LogP contribution in [0.15, 0.2) is 46.9 Å². The normalized spacial score (nSPS) is 10.2. The van der Waals surface area contributed by atoms with Crippen LogP contribution in [0.1, 0.15) is 18.1 Å². The van der Waals surface area contributed by atoms with Gasteiger partial charge in [-0.05, 0) is 48.7 Å². The first-order valence-corrected chi connectivity index (χ1v) is 8.40. The van der Waals surface area contributed by atoms with Crippen molar-refractivity contribution in [3.05, 3.63) is 58.1 Å². The first kappa shape index (κ1) is 17.3. The first-order valence-electron chi connectivity index (χ1n) is 7.61. The van der Waals surface area contributed by atoms with Crippen molar-refractivity contribution in [2.45, 2.75) is 20.3 Å². The minimum absolute atomic E-state index is 0.245. The molecule has 0 heterocycles. The van der Waals surface area contributed by atoms with Crippen LogP contribution in [0, 0.1) is 6.92 Å². The van der Waals surface area contributed by atoms with E-state index in [0.29, 0.717) is 13.2 Å². The van der Waals surface area contributed by atoms with Crippen molar-refractivity contribution in [3.63, 3.8) is 0 Å². The lowest BCUT2D eigenvalue weighted by Crippen LogP contribution is -2.32. The summed E-state index contributed by atoms with van der Waals surface area (Å²) in [5.41, 5.74) is 3.15. The molecule has 0 unspecified atom stereocenters. The number of rotatable bonds is 6. The molecule has 0 spiro atoms. The third kappa shape index (κ3) is 5.60. The van der Waals surface area contributed by atoms with Gasteiger partial charge in [-0.2, -0.15) is 0 Å². The highest BCUT2D eigenvalue weighted by Crippen LogP contribution is 2.20. The van der Waals surface area contributed by atoms with E-state index in [-0.39, 0.29) is 6.03 Å². The Morgan fingerprint density at radius 1 is 1.17 bits per heavy atom. The Morgan fingerprint density at radius 2 is 1.91 bits per heavy atom. The molecule has 122 valence electrons. The van der Waals surface area contributed by atoms with Crippen LogP contribution in [0.2, 0.25) is 0 Å². The van der Waals surface area contributed by atoms with Gasteiger partial charge in [0.15, 0.2) is 0 Å². The molecule has 23 heavy (non-hydrogen) atoms. The molecular formula is C18H21BrN2O2. The molecule has 0 aliphatic rings. The lowest BCUT2D eigenvalue weighted by molar-refractivity contribution is 0.247. The Labute approximate surface area is 145 Å². The minimum Gasteiger partial charge on any atom is -0.492 e. The number of hydrogen-bond donors (Lipinski definition) is 2. The second-order valence-electron chi connectivity index (χ2n) is 5.19. The Hall–Kier alpha value is -2.01. The van der Waals surface area contributed by atoms with Gasteiger partial charge >= 0.3 is 6.03 Å². The van der Waals surface area contributed by atoms with E-state index in [1.165, 1.54) is 5.56 Å². The number of carbonyl (C=O) groups is 1. The van der Waals surface area contributed by atoms with E-state index in [1.807, 2.05) is 49.4 Å². The fourth-order valence-electron chi connectivity index (χ4n) is 2.00. The molecule has 0 aromatic heterocycles. The molecule has 0 bridgehead atoms. The van der Waals surface area contributed by atoms with Crippen molar-refractivity contribution in [2.24, 2.45) is 0 Å². The molecule has 2 amide bonds. The zero-order valence-corrected chi connectivity index (χ0v) is 14.9. The second-order valence-corrected chi connectivity index (χ2v) is 6.05. The van der Waals surface area contributed by atoms with Gasteiger partial charge < -0.3 is 15.4 Å². The lowest BCUT2D eigenvalue weighted by atomic mass is 10.2. The zero-order valence-electron chi connectivity index (χ0n) is 13.4. The number of halogens is 1. The third-order valence-corrected chi connectivity index (χ3v) is 4.27. The maximum Gasteiger partial charge on any atom is 0.319 e. The molecule has 4 nitrogen and oxygen atoms in total. The van der Waals surface area contributed by atoms with Crippen LogP contribution in [0.25, 0.3) is 0 Å². The van der Waals surface area contributed by atoms with E-state index >= 15 is 0 Å². The molecule has 0 aliphatic carbocycles. The van der Waals surface area contributed by atoms with Crippen molar-refractivity contribution in [3.8, 4) is 5.75 Å². The maximum atomic E-state index is 11.8. The van der Waals surface area contributed by atoms with E-state index in [1.54, 1.807) is 0 Å². The van der Waals surface area contributed by atoms with Gasteiger partial charge in [0.25, 0.3) is 0 Å².